The number of aromatic nitrogens is 2. The first-order valence-electron chi connectivity index (χ1n) is 7.35. The molecule has 0 unspecified atom stereocenters. The van der Waals surface area contributed by atoms with Gasteiger partial charge in [-0.05, 0) is 31.0 Å². The Morgan fingerprint density at radius 1 is 1.17 bits per heavy atom. The molecule has 1 saturated heterocycles. The van der Waals surface area contributed by atoms with Gasteiger partial charge in [-0.15, -0.1) is 0 Å². The number of halogens is 1. The van der Waals surface area contributed by atoms with Gasteiger partial charge in [0.1, 0.15) is 4.90 Å². The number of piperidine rings is 1. The lowest BCUT2D eigenvalue weighted by Gasteiger charge is -2.32. The molecule has 0 saturated carbocycles. The van der Waals surface area contributed by atoms with E-state index in [0.29, 0.717) is 12.5 Å². The van der Waals surface area contributed by atoms with Gasteiger partial charge in [-0.1, -0.05) is 23.7 Å². The minimum absolute atomic E-state index is 0.106. The van der Waals surface area contributed by atoms with Crippen molar-refractivity contribution < 1.29 is 8.42 Å². The molecule has 6 nitrogen and oxygen atoms in total. The van der Waals surface area contributed by atoms with Crippen LogP contribution in [0.1, 0.15) is 12.8 Å². The van der Waals surface area contributed by atoms with Gasteiger partial charge < -0.3 is 4.90 Å². The summed E-state index contributed by atoms with van der Waals surface area (Å²) in [5.41, 5.74) is 0. The molecule has 23 heavy (non-hydrogen) atoms. The van der Waals surface area contributed by atoms with E-state index >= 15 is 0 Å². The lowest BCUT2D eigenvalue weighted by molar-refractivity contribution is 0.461. The van der Waals surface area contributed by atoms with E-state index in [9.17, 15) is 8.42 Å². The first-order valence-corrected chi connectivity index (χ1v) is 9.21. The summed E-state index contributed by atoms with van der Waals surface area (Å²) in [5.74, 6) is 0.620. The summed E-state index contributed by atoms with van der Waals surface area (Å²) in [4.78, 5) is 10.5. The standard InChI is InChI=1S/C15H17ClN4O2S/c16-13-6-1-2-7-14(13)23(21,22)19-12-5-3-10-20(11-12)15-17-8-4-9-18-15/h1-2,4,6-9,12,19H,3,5,10-11H2/t12-/m1/s1. The highest BCUT2D eigenvalue weighted by atomic mass is 35.5. The quantitative estimate of drug-likeness (QED) is 0.911. The van der Waals surface area contributed by atoms with Crippen LogP contribution in [-0.4, -0.2) is 37.5 Å². The van der Waals surface area contributed by atoms with Crippen molar-refractivity contribution in [2.45, 2.75) is 23.8 Å². The van der Waals surface area contributed by atoms with Crippen LogP contribution in [0.5, 0.6) is 0 Å². The van der Waals surface area contributed by atoms with Crippen molar-refractivity contribution in [3.05, 3.63) is 47.7 Å². The molecule has 1 aliphatic heterocycles. The molecule has 1 atom stereocenters. The lowest BCUT2D eigenvalue weighted by atomic mass is 10.1. The molecule has 0 amide bonds. The van der Waals surface area contributed by atoms with Crippen molar-refractivity contribution in [3.63, 3.8) is 0 Å². The first kappa shape index (κ1) is 16.2. The molecule has 0 spiro atoms. The van der Waals surface area contributed by atoms with E-state index in [-0.39, 0.29) is 16.0 Å². The first-order chi connectivity index (χ1) is 11.1. The van der Waals surface area contributed by atoms with Crippen LogP contribution >= 0.6 is 11.6 Å². The van der Waals surface area contributed by atoms with Crippen LogP contribution in [0, 0.1) is 0 Å². The maximum atomic E-state index is 12.5. The number of nitrogens with one attached hydrogen (secondary N) is 1. The molecule has 0 bridgehead atoms. The van der Waals surface area contributed by atoms with Crippen molar-refractivity contribution in [2.75, 3.05) is 18.0 Å². The normalized spacial score (nSPS) is 18.8. The predicted molar refractivity (Wildman–Crippen MR) is 89.0 cm³/mol. The average Bonchev–Trinajstić information content (AvgIpc) is 2.56. The summed E-state index contributed by atoms with van der Waals surface area (Å²) < 4.78 is 27.8. The SMILES string of the molecule is O=S(=O)(N[C@@H]1CCCN(c2ncccn2)C1)c1ccccc1Cl. The maximum absolute atomic E-state index is 12.5. The van der Waals surface area contributed by atoms with Gasteiger partial charge in [-0.2, -0.15) is 0 Å². The Balaban J connectivity index is 1.74. The molecular weight excluding hydrogens is 336 g/mol. The van der Waals surface area contributed by atoms with Crippen LogP contribution in [-0.2, 0) is 10.0 Å². The Hall–Kier alpha value is -1.70. The molecule has 1 aromatic heterocycles. The Labute approximate surface area is 140 Å². The maximum Gasteiger partial charge on any atom is 0.242 e. The second-order valence-electron chi connectivity index (χ2n) is 5.39. The summed E-state index contributed by atoms with van der Waals surface area (Å²) in [6.07, 6.45) is 5.00. The van der Waals surface area contributed by atoms with Gasteiger partial charge in [0, 0.05) is 31.5 Å². The molecule has 2 heterocycles. The molecule has 0 radical (unpaired) electrons. The van der Waals surface area contributed by atoms with Gasteiger partial charge in [0.15, 0.2) is 0 Å². The van der Waals surface area contributed by atoms with Crippen LogP contribution in [0.3, 0.4) is 0 Å². The smallest absolute Gasteiger partial charge is 0.242 e. The van der Waals surface area contributed by atoms with Gasteiger partial charge >= 0.3 is 0 Å². The second-order valence-corrected chi connectivity index (χ2v) is 7.48. The fourth-order valence-corrected chi connectivity index (χ4v) is 4.44. The van der Waals surface area contributed by atoms with Gasteiger partial charge in [0.05, 0.1) is 5.02 Å². The highest BCUT2D eigenvalue weighted by Crippen LogP contribution is 2.22. The number of hydrogen-bond acceptors (Lipinski definition) is 5. The number of rotatable bonds is 4. The highest BCUT2D eigenvalue weighted by Gasteiger charge is 2.27. The Morgan fingerprint density at radius 2 is 1.91 bits per heavy atom. The van der Waals surface area contributed by atoms with E-state index in [0.717, 1.165) is 19.4 Å². The molecule has 1 N–H and O–H groups in total. The number of nitrogens with zero attached hydrogens (tertiary/aromatic N) is 3. The van der Waals surface area contributed by atoms with E-state index in [4.69, 9.17) is 11.6 Å². The van der Waals surface area contributed by atoms with Gasteiger partial charge in [0.25, 0.3) is 0 Å². The number of anilines is 1. The molecule has 1 aliphatic rings. The largest absolute Gasteiger partial charge is 0.339 e. The summed E-state index contributed by atoms with van der Waals surface area (Å²) in [6.45, 7) is 1.35. The van der Waals surface area contributed by atoms with Crippen molar-refractivity contribution in [1.82, 2.24) is 14.7 Å². The lowest BCUT2D eigenvalue weighted by Crippen LogP contribution is -2.48. The zero-order chi connectivity index (χ0) is 16.3. The van der Waals surface area contributed by atoms with E-state index in [1.807, 2.05) is 4.90 Å². The number of sulfonamides is 1. The van der Waals surface area contributed by atoms with Crippen molar-refractivity contribution >= 4 is 27.6 Å². The fraction of sp³-hybridized carbons (Fsp3) is 0.333. The zero-order valence-corrected chi connectivity index (χ0v) is 14.0. The minimum atomic E-state index is -3.65. The van der Waals surface area contributed by atoms with Crippen LogP contribution in [0.4, 0.5) is 5.95 Å². The predicted octanol–water partition coefficient (Wildman–Crippen LogP) is 2.08. The Bertz CT molecular complexity index is 770. The third-order valence-corrected chi connectivity index (χ3v) is 5.72. The summed E-state index contributed by atoms with van der Waals surface area (Å²) in [6, 6.07) is 7.99. The molecule has 2 aromatic rings. The van der Waals surface area contributed by atoms with Gasteiger partial charge in [-0.3, -0.25) is 0 Å². The van der Waals surface area contributed by atoms with Crippen LogP contribution in [0.25, 0.3) is 0 Å². The molecule has 3 rings (SSSR count). The van der Waals surface area contributed by atoms with E-state index in [1.165, 1.54) is 6.07 Å². The van der Waals surface area contributed by atoms with Gasteiger partial charge in [0.2, 0.25) is 16.0 Å². The van der Waals surface area contributed by atoms with E-state index in [2.05, 4.69) is 14.7 Å². The molecule has 1 aromatic carbocycles. The summed E-state index contributed by atoms with van der Waals surface area (Å²) in [7, 11) is -3.65. The second kappa shape index (κ2) is 6.82. The Kier molecular flexibility index (Phi) is 4.79. The average molecular weight is 353 g/mol. The minimum Gasteiger partial charge on any atom is -0.339 e. The molecular formula is C15H17ClN4O2S. The van der Waals surface area contributed by atoms with Gasteiger partial charge in [-0.25, -0.2) is 23.1 Å². The fourth-order valence-electron chi connectivity index (χ4n) is 2.66. The van der Waals surface area contributed by atoms with E-state index in [1.54, 1.807) is 36.7 Å². The molecule has 1 fully saturated rings. The monoisotopic (exact) mass is 352 g/mol. The number of hydrogen-bond donors (Lipinski definition) is 1. The van der Waals surface area contributed by atoms with Crippen LogP contribution in [0.2, 0.25) is 5.02 Å². The molecule has 0 aliphatic carbocycles. The Morgan fingerprint density at radius 3 is 2.65 bits per heavy atom. The third kappa shape index (κ3) is 3.80. The van der Waals surface area contributed by atoms with Crippen LogP contribution < -0.4 is 9.62 Å². The highest BCUT2D eigenvalue weighted by molar-refractivity contribution is 7.89. The molecule has 8 heteroatoms. The molecule has 122 valence electrons. The number of benzene rings is 1. The zero-order valence-electron chi connectivity index (χ0n) is 12.4. The van der Waals surface area contributed by atoms with Crippen molar-refractivity contribution in [2.24, 2.45) is 0 Å². The van der Waals surface area contributed by atoms with Crippen molar-refractivity contribution in [3.8, 4) is 0 Å². The van der Waals surface area contributed by atoms with Crippen molar-refractivity contribution in [1.29, 1.82) is 0 Å². The van der Waals surface area contributed by atoms with E-state index < -0.39 is 10.0 Å². The topological polar surface area (TPSA) is 75.2 Å². The summed E-state index contributed by atoms with van der Waals surface area (Å²) in [5, 5.41) is 0.221. The summed E-state index contributed by atoms with van der Waals surface area (Å²) >= 11 is 6.00. The third-order valence-electron chi connectivity index (χ3n) is 3.70. The van der Waals surface area contributed by atoms with Crippen LogP contribution in [0.15, 0.2) is 47.6 Å².